The van der Waals surface area contributed by atoms with Gasteiger partial charge in [0.05, 0.1) is 21.4 Å². The van der Waals surface area contributed by atoms with E-state index in [2.05, 4.69) is 27.2 Å². The maximum Gasteiger partial charge on any atom is 0.347 e. The zero-order valence-corrected chi connectivity index (χ0v) is 17.3. The highest BCUT2D eigenvalue weighted by molar-refractivity contribution is 6.46. The number of nitrogens with zero attached hydrogens (tertiary/aromatic N) is 3. The number of hydrogen-bond donors (Lipinski definition) is 3. The third kappa shape index (κ3) is 4.14. The Labute approximate surface area is 180 Å². The van der Waals surface area contributed by atoms with Crippen molar-refractivity contribution in [2.75, 3.05) is 5.01 Å². The topological polar surface area (TPSA) is 143 Å². The van der Waals surface area contributed by atoms with Gasteiger partial charge in [-0.2, -0.15) is 10.1 Å². The molecule has 156 valence electrons. The number of aromatic nitrogens is 2. The van der Waals surface area contributed by atoms with Gasteiger partial charge in [0, 0.05) is 11.6 Å². The van der Waals surface area contributed by atoms with Crippen molar-refractivity contribution in [2.24, 2.45) is 10.8 Å². The van der Waals surface area contributed by atoms with E-state index < -0.39 is 11.9 Å². The molecular weight excluding hydrogens is 435 g/mol. The van der Waals surface area contributed by atoms with E-state index in [1.807, 2.05) is 13.8 Å². The number of aromatic amines is 1. The van der Waals surface area contributed by atoms with Crippen LogP contribution in [0.5, 0.6) is 11.6 Å². The first-order valence-electron chi connectivity index (χ1n) is 8.53. The number of rotatable bonds is 5. The highest BCUT2D eigenvalue weighted by Gasteiger charge is 2.28. The number of halogens is 2. The Morgan fingerprint density at radius 1 is 1.23 bits per heavy atom. The molecule has 0 saturated carbocycles. The second-order valence-electron chi connectivity index (χ2n) is 6.52. The smallest absolute Gasteiger partial charge is 0.347 e. The van der Waals surface area contributed by atoms with E-state index in [1.54, 1.807) is 0 Å². The lowest BCUT2D eigenvalue weighted by atomic mass is 10.1. The van der Waals surface area contributed by atoms with Gasteiger partial charge in [0.15, 0.2) is 11.5 Å². The number of ether oxygens (including phenoxy) is 1. The molecule has 1 aromatic carbocycles. The number of H-pyrrole nitrogens is 1. The minimum absolute atomic E-state index is 0.0222. The molecule has 0 spiro atoms. The number of carbonyl (C=O) groups excluding carboxylic acids is 2. The number of anilines is 1. The molecule has 0 bridgehead atoms. The van der Waals surface area contributed by atoms with Gasteiger partial charge < -0.3 is 15.8 Å². The first kappa shape index (κ1) is 21.3. The number of amides is 3. The standard InChI is InChI=1S/C18H16Cl2N6O4/c1-7(2)10-6-13(23-24-17(10)28)30-15-11(19)4-9(5-12(15)20)26-18(29)22-8(3)14(25-26)16(21)27/h4-7H,3H2,1-2H3,(H2,21,27)(H,22,29)(H,24,28). The minimum atomic E-state index is -0.868. The SMILES string of the molecule is C=C1NC(=O)N(c2cc(Cl)c(Oc3cc(C(C)C)c(=O)[nH]n3)c(Cl)c2)N=C1C(N)=O. The molecule has 30 heavy (non-hydrogen) atoms. The van der Waals surface area contributed by atoms with Crippen LogP contribution in [-0.4, -0.2) is 27.8 Å². The Hall–Kier alpha value is -3.37. The van der Waals surface area contributed by atoms with Crippen molar-refractivity contribution in [1.82, 2.24) is 15.5 Å². The Kier molecular flexibility index (Phi) is 5.81. The van der Waals surface area contributed by atoms with Crippen molar-refractivity contribution in [2.45, 2.75) is 19.8 Å². The van der Waals surface area contributed by atoms with Crippen LogP contribution in [0.4, 0.5) is 10.5 Å². The lowest BCUT2D eigenvalue weighted by molar-refractivity contribution is -0.112. The number of nitrogens with one attached hydrogen (secondary N) is 2. The highest BCUT2D eigenvalue weighted by Crippen LogP contribution is 2.40. The summed E-state index contributed by atoms with van der Waals surface area (Å²) in [5, 5.41) is 13.4. The number of hydrazone groups is 1. The van der Waals surface area contributed by atoms with Gasteiger partial charge in [-0.3, -0.25) is 9.59 Å². The van der Waals surface area contributed by atoms with E-state index in [4.69, 9.17) is 33.7 Å². The largest absolute Gasteiger partial charge is 0.434 e. The predicted molar refractivity (Wildman–Crippen MR) is 112 cm³/mol. The Morgan fingerprint density at radius 3 is 2.43 bits per heavy atom. The van der Waals surface area contributed by atoms with E-state index in [-0.39, 0.29) is 50.2 Å². The van der Waals surface area contributed by atoms with Crippen LogP contribution in [0.3, 0.4) is 0 Å². The number of primary amides is 1. The van der Waals surface area contributed by atoms with Crippen LogP contribution in [0, 0.1) is 0 Å². The minimum Gasteiger partial charge on any atom is -0.434 e. The van der Waals surface area contributed by atoms with Crippen molar-refractivity contribution >= 4 is 46.5 Å². The second-order valence-corrected chi connectivity index (χ2v) is 7.33. The summed E-state index contributed by atoms with van der Waals surface area (Å²) in [5.74, 6) is -0.794. The predicted octanol–water partition coefficient (Wildman–Crippen LogP) is 2.88. The summed E-state index contributed by atoms with van der Waals surface area (Å²) >= 11 is 12.6. The van der Waals surface area contributed by atoms with E-state index in [0.29, 0.717) is 5.56 Å². The third-order valence-corrected chi connectivity index (χ3v) is 4.60. The highest BCUT2D eigenvalue weighted by atomic mass is 35.5. The molecule has 0 radical (unpaired) electrons. The fraction of sp³-hybridized carbons (Fsp3) is 0.167. The van der Waals surface area contributed by atoms with Crippen LogP contribution in [-0.2, 0) is 4.79 Å². The fourth-order valence-electron chi connectivity index (χ4n) is 2.57. The zero-order valence-electron chi connectivity index (χ0n) is 15.8. The molecule has 12 heteroatoms. The van der Waals surface area contributed by atoms with Crippen molar-refractivity contribution in [3.63, 3.8) is 0 Å². The normalized spacial score (nSPS) is 13.9. The Morgan fingerprint density at radius 2 is 1.87 bits per heavy atom. The first-order chi connectivity index (χ1) is 14.1. The maximum absolute atomic E-state index is 12.2. The number of benzene rings is 1. The summed E-state index contributed by atoms with van der Waals surface area (Å²) in [7, 11) is 0. The third-order valence-electron chi connectivity index (χ3n) is 4.03. The van der Waals surface area contributed by atoms with Crippen LogP contribution < -0.4 is 26.4 Å². The van der Waals surface area contributed by atoms with Gasteiger partial charge in [-0.1, -0.05) is 43.6 Å². The molecule has 1 aliphatic rings. The monoisotopic (exact) mass is 450 g/mol. The van der Waals surface area contributed by atoms with E-state index in [0.717, 1.165) is 5.01 Å². The Balaban J connectivity index is 1.98. The molecule has 3 amide bonds. The van der Waals surface area contributed by atoms with Crippen molar-refractivity contribution in [3.8, 4) is 11.6 Å². The molecule has 3 rings (SSSR count). The maximum atomic E-state index is 12.2. The fourth-order valence-corrected chi connectivity index (χ4v) is 3.13. The van der Waals surface area contributed by atoms with Crippen LogP contribution in [0.15, 0.2) is 40.4 Å². The van der Waals surface area contributed by atoms with Crippen molar-refractivity contribution in [3.05, 3.63) is 56.4 Å². The molecule has 0 fully saturated rings. The van der Waals surface area contributed by atoms with Crippen LogP contribution in [0.25, 0.3) is 0 Å². The number of hydrogen-bond acceptors (Lipinski definition) is 6. The van der Waals surface area contributed by atoms with Crippen LogP contribution >= 0.6 is 23.2 Å². The quantitative estimate of drug-likeness (QED) is 0.641. The molecule has 4 N–H and O–H groups in total. The van der Waals surface area contributed by atoms with Crippen LogP contribution in [0.1, 0.15) is 25.3 Å². The number of nitrogens with two attached hydrogens (primary N) is 1. The summed E-state index contributed by atoms with van der Waals surface area (Å²) in [5.41, 5.74) is 5.30. The van der Waals surface area contributed by atoms with Gasteiger partial charge in [0.25, 0.3) is 11.5 Å². The molecule has 0 unspecified atom stereocenters. The van der Waals surface area contributed by atoms with Gasteiger partial charge in [0.2, 0.25) is 5.88 Å². The van der Waals surface area contributed by atoms with E-state index in [9.17, 15) is 14.4 Å². The summed E-state index contributed by atoms with van der Waals surface area (Å²) in [6, 6.07) is 3.51. The summed E-state index contributed by atoms with van der Waals surface area (Å²) in [6.07, 6.45) is 0. The molecule has 1 aromatic heterocycles. The van der Waals surface area contributed by atoms with Crippen molar-refractivity contribution in [1.29, 1.82) is 0 Å². The molecule has 0 atom stereocenters. The zero-order chi connectivity index (χ0) is 22.2. The van der Waals surface area contributed by atoms with Gasteiger partial charge in [0.1, 0.15) is 0 Å². The number of carbonyl (C=O) groups is 2. The second kappa shape index (κ2) is 8.17. The van der Waals surface area contributed by atoms with Gasteiger partial charge >= 0.3 is 6.03 Å². The molecule has 0 saturated heterocycles. The van der Waals surface area contributed by atoms with Crippen molar-refractivity contribution < 1.29 is 14.3 Å². The van der Waals surface area contributed by atoms with Gasteiger partial charge in [-0.15, -0.1) is 5.10 Å². The van der Waals surface area contributed by atoms with Gasteiger partial charge in [-0.25, -0.2) is 9.89 Å². The lowest BCUT2D eigenvalue weighted by Crippen LogP contribution is -2.46. The summed E-state index contributed by atoms with van der Waals surface area (Å²) < 4.78 is 5.64. The lowest BCUT2D eigenvalue weighted by Gasteiger charge is -2.25. The molecular formula is C18H16Cl2N6O4. The molecule has 10 nitrogen and oxygen atoms in total. The molecule has 2 aromatic rings. The molecule has 2 heterocycles. The summed E-state index contributed by atoms with van der Waals surface area (Å²) in [6.45, 7) is 7.22. The molecule has 1 aliphatic heterocycles. The number of urea groups is 1. The summed E-state index contributed by atoms with van der Waals surface area (Å²) in [4.78, 5) is 35.6. The first-order valence-corrected chi connectivity index (χ1v) is 9.29. The van der Waals surface area contributed by atoms with E-state index >= 15 is 0 Å². The van der Waals surface area contributed by atoms with Gasteiger partial charge in [-0.05, 0) is 18.1 Å². The average molecular weight is 451 g/mol. The Bertz CT molecular complexity index is 1130. The average Bonchev–Trinajstić information content (AvgIpc) is 2.65. The van der Waals surface area contributed by atoms with E-state index in [1.165, 1.54) is 18.2 Å². The van der Waals surface area contributed by atoms with Crippen LogP contribution in [0.2, 0.25) is 10.0 Å². The molecule has 0 aliphatic carbocycles.